The van der Waals surface area contributed by atoms with Crippen molar-refractivity contribution < 1.29 is 24.5 Å². The first kappa shape index (κ1) is 22.1. The molecule has 0 radical (unpaired) electrons. The van der Waals surface area contributed by atoms with E-state index in [1.54, 1.807) is 0 Å². The van der Waals surface area contributed by atoms with Gasteiger partial charge in [-0.05, 0) is 67.7 Å². The van der Waals surface area contributed by atoms with Crippen LogP contribution < -0.4 is 4.74 Å². The van der Waals surface area contributed by atoms with Crippen molar-refractivity contribution in [3.05, 3.63) is 60.2 Å². The van der Waals surface area contributed by atoms with Gasteiger partial charge in [-0.25, -0.2) is 4.79 Å². The summed E-state index contributed by atoms with van der Waals surface area (Å²) in [5, 5.41) is 19.3. The molecule has 6 heteroatoms. The third-order valence-electron chi connectivity index (χ3n) is 5.83. The SMILES string of the molecule is COC(O)CCCC(c1ccccc1Oc1ccccc1)C1CCCN(C(=O)O)C1. The molecule has 2 aromatic carbocycles. The molecule has 1 fully saturated rings. The maximum atomic E-state index is 11.6. The van der Waals surface area contributed by atoms with Gasteiger partial charge < -0.3 is 24.6 Å². The Bertz CT molecular complexity index is 797. The van der Waals surface area contributed by atoms with Crippen LogP contribution in [0.3, 0.4) is 0 Å². The van der Waals surface area contributed by atoms with E-state index in [0.29, 0.717) is 19.5 Å². The van der Waals surface area contributed by atoms with Gasteiger partial charge in [0, 0.05) is 20.2 Å². The molecule has 1 aliphatic heterocycles. The lowest BCUT2D eigenvalue weighted by molar-refractivity contribution is -0.0796. The topological polar surface area (TPSA) is 79.2 Å². The lowest BCUT2D eigenvalue weighted by Crippen LogP contribution is -2.41. The second kappa shape index (κ2) is 11.0. The van der Waals surface area contributed by atoms with Gasteiger partial charge in [-0.2, -0.15) is 0 Å². The van der Waals surface area contributed by atoms with Crippen molar-refractivity contribution in [1.29, 1.82) is 0 Å². The molecule has 3 rings (SSSR count). The number of likely N-dealkylation sites (tertiary alicyclic amines) is 1. The number of piperidine rings is 1. The Morgan fingerprint density at radius 2 is 1.87 bits per heavy atom. The van der Waals surface area contributed by atoms with Crippen molar-refractivity contribution in [3.63, 3.8) is 0 Å². The number of aliphatic hydroxyl groups excluding tert-OH is 1. The maximum Gasteiger partial charge on any atom is 0.407 e. The molecule has 0 aromatic heterocycles. The van der Waals surface area contributed by atoms with Crippen LogP contribution in [0.2, 0.25) is 0 Å². The average molecular weight is 414 g/mol. The predicted molar refractivity (Wildman–Crippen MR) is 115 cm³/mol. The maximum absolute atomic E-state index is 11.6. The number of carboxylic acid groups (broad SMARTS) is 1. The number of methoxy groups -OCH3 is 1. The van der Waals surface area contributed by atoms with Crippen molar-refractivity contribution >= 4 is 6.09 Å². The lowest BCUT2D eigenvalue weighted by Gasteiger charge is -2.36. The van der Waals surface area contributed by atoms with Crippen LogP contribution in [0.25, 0.3) is 0 Å². The van der Waals surface area contributed by atoms with Crippen LogP contribution >= 0.6 is 0 Å². The van der Waals surface area contributed by atoms with Crippen molar-refractivity contribution in [1.82, 2.24) is 4.90 Å². The molecular formula is C24H31NO5. The molecule has 1 saturated heterocycles. The summed E-state index contributed by atoms with van der Waals surface area (Å²) in [6.07, 6.45) is 2.35. The highest BCUT2D eigenvalue weighted by Crippen LogP contribution is 2.41. The standard InChI is InChI=1S/C24H31NO5/c1-29-23(26)15-7-13-20(18-9-8-16-25(17-18)24(27)28)21-12-5-6-14-22(21)30-19-10-3-2-4-11-19/h2-6,10-12,14,18,20,23,26H,7-9,13,15-17H2,1H3,(H,27,28). The molecule has 162 valence electrons. The summed E-state index contributed by atoms with van der Waals surface area (Å²) in [6.45, 7) is 1.11. The van der Waals surface area contributed by atoms with Gasteiger partial charge in [0.05, 0.1) is 0 Å². The summed E-state index contributed by atoms with van der Waals surface area (Å²) in [7, 11) is 1.50. The number of rotatable bonds is 9. The normalized spacial score (nSPS) is 18.6. The van der Waals surface area contributed by atoms with E-state index in [1.807, 2.05) is 48.5 Å². The first-order valence-corrected chi connectivity index (χ1v) is 10.6. The molecule has 0 saturated carbocycles. The fraction of sp³-hybridized carbons (Fsp3) is 0.458. The van der Waals surface area contributed by atoms with Crippen molar-refractivity contribution in [2.24, 2.45) is 5.92 Å². The summed E-state index contributed by atoms with van der Waals surface area (Å²) < 4.78 is 11.2. The van der Waals surface area contributed by atoms with Crippen molar-refractivity contribution in [2.45, 2.75) is 44.3 Å². The highest BCUT2D eigenvalue weighted by molar-refractivity contribution is 5.65. The first-order chi connectivity index (χ1) is 14.6. The number of carbonyl (C=O) groups is 1. The van der Waals surface area contributed by atoms with Gasteiger partial charge in [0.25, 0.3) is 0 Å². The molecule has 0 spiro atoms. The Hall–Kier alpha value is -2.57. The molecule has 3 atom stereocenters. The summed E-state index contributed by atoms with van der Waals surface area (Å²) in [5.41, 5.74) is 1.09. The van der Waals surface area contributed by atoms with E-state index in [4.69, 9.17) is 9.47 Å². The fourth-order valence-electron chi connectivity index (χ4n) is 4.28. The van der Waals surface area contributed by atoms with Gasteiger partial charge in [0.1, 0.15) is 11.5 Å². The van der Waals surface area contributed by atoms with Crippen LogP contribution in [0, 0.1) is 5.92 Å². The van der Waals surface area contributed by atoms with Crippen LogP contribution in [0.4, 0.5) is 4.79 Å². The Labute approximate surface area is 178 Å². The number of hydrogen-bond acceptors (Lipinski definition) is 4. The quantitative estimate of drug-likeness (QED) is 0.560. The van der Waals surface area contributed by atoms with Crippen molar-refractivity contribution in [3.8, 4) is 11.5 Å². The minimum Gasteiger partial charge on any atom is -0.465 e. The van der Waals surface area contributed by atoms with E-state index in [9.17, 15) is 15.0 Å². The summed E-state index contributed by atoms with van der Waals surface area (Å²) in [4.78, 5) is 13.1. The second-order valence-corrected chi connectivity index (χ2v) is 7.81. The highest BCUT2D eigenvalue weighted by atomic mass is 16.6. The first-order valence-electron chi connectivity index (χ1n) is 10.6. The number of nitrogens with zero attached hydrogens (tertiary/aromatic N) is 1. The Morgan fingerprint density at radius 1 is 1.13 bits per heavy atom. The summed E-state index contributed by atoms with van der Waals surface area (Å²) in [6, 6.07) is 17.7. The smallest absolute Gasteiger partial charge is 0.407 e. The summed E-state index contributed by atoms with van der Waals surface area (Å²) >= 11 is 0. The number of amides is 1. The van der Waals surface area contributed by atoms with E-state index in [-0.39, 0.29) is 11.8 Å². The van der Waals surface area contributed by atoms with Gasteiger partial charge in [0.2, 0.25) is 0 Å². The van der Waals surface area contributed by atoms with E-state index in [1.165, 1.54) is 12.0 Å². The number of para-hydroxylation sites is 2. The minimum absolute atomic E-state index is 0.135. The van der Waals surface area contributed by atoms with Crippen LogP contribution in [0.15, 0.2) is 54.6 Å². The minimum atomic E-state index is -0.859. The predicted octanol–water partition coefficient (Wildman–Crippen LogP) is 5.09. The van der Waals surface area contributed by atoms with Gasteiger partial charge in [-0.1, -0.05) is 36.4 Å². The molecule has 1 heterocycles. The molecule has 2 aromatic rings. The zero-order chi connectivity index (χ0) is 21.3. The Balaban J connectivity index is 1.84. The molecule has 30 heavy (non-hydrogen) atoms. The number of ether oxygens (including phenoxy) is 2. The molecule has 3 unspecified atom stereocenters. The van der Waals surface area contributed by atoms with Gasteiger partial charge in [0.15, 0.2) is 6.29 Å². The van der Waals surface area contributed by atoms with Crippen molar-refractivity contribution in [2.75, 3.05) is 20.2 Å². The molecule has 0 aliphatic carbocycles. The van der Waals surface area contributed by atoms with E-state index >= 15 is 0 Å². The van der Waals surface area contributed by atoms with Gasteiger partial charge in [-0.3, -0.25) is 0 Å². The highest BCUT2D eigenvalue weighted by Gasteiger charge is 2.31. The largest absolute Gasteiger partial charge is 0.465 e. The molecule has 2 N–H and O–H groups in total. The van der Waals surface area contributed by atoms with Crippen LogP contribution in [-0.4, -0.2) is 47.7 Å². The van der Waals surface area contributed by atoms with Crippen LogP contribution in [-0.2, 0) is 4.74 Å². The zero-order valence-electron chi connectivity index (χ0n) is 17.4. The van der Waals surface area contributed by atoms with Crippen LogP contribution in [0.1, 0.15) is 43.6 Å². The zero-order valence-corrected chi connectivity index (χ0v) is 17.4. The molecule has 0 bridgehead atoms. The number of aliphatic hydroxyl groups is 1. The van der Waals surface area contributed by atoms with Gasteiger partial charge in [-0.15, -0.1) is 0 Å². The lowest BCUT2D eigenvalue weighted by atomic mass is 9.78. The second-order valence-electron chi connectivity index (χ2n) is 7.81. The third-order valence-corrected chi connectivity index (χ3v) is 5.83. The average Bonchev–Trinajstić information content (AvgIpc) is 2.78. The fourth-order valence-corrected chi connectivity index (χ4v) is 4.28. The Kier molecular flexibility index (Phi) is 8.11. The van der Waals surface area contributed by atoms with Gasteiger partial charge >= 0.3 is 6.09 Å². The Morgan fingerprint density at radius 3 is 2.60 bits per heavy atom. The number of hydrogen-bond donors (Lipinski definition) is 2. The summed E-state index contributed by atoms with van der Waals surface area (Å²) in [5.74, 6) is 1.91. The number of benzene rings is 2. The van der Waals surface area contributed by atoms with E-state index in [0.717, 1.165) is 42.7 Å². The van der Waals surface area contributed by atoms with Crippen LogP contribution in [0.5, 0.6) is 11.5 Å². The van der Waals surface area contributed by atoms with E-state index in [2.05, 4.69) is 6.07 Å². The monoisotopic (exact) mass is 413 g/mol. The van der Waals surface area contributed by atoms with E-state index < -0.39 is 12.4 Å². The molecule has 6 nitrogen and oxygen atoms in total. The molecular weight excluding hydrogens is 382 g/mol. The third kappa shape index (κ3) is 5.97. The molecule has 1 amide bonds. The molecule has 1 aliphatic rings.